The summed E-state index contributed by atoms with van der Waals surface area (Å²) in [7, 11) is 0. The lowest BCUT2D eigenvalue weighted by molar-refractivity contribution is -0.108. The van der Waals surface area contributed by atoms with Gasteiger partial charge in [-0.3, -0.25) is 0 Å². The fraction of sp³-hybridized carbons (Fsp3) is 0.833. The van der Waals surface area contributed by atoms with Crippen molar-refractivity contribution >= 4 is 6.03 Å². The summed E-state index contributed by atoms with van der Waals surface area (Å²) in [6.07, 6.45) is 6.72. The molecule has 3 heterocycles. The first-order valence-electron chi connectivity index (χ1n) is 9.64. The molecule has 25 heavy (non-hydrogen) atoms. The van der Waals surface area contributed by atoms with E-state index < -0.39 is 0 Å². The van der Waals surface area contributed by atoms with Crippen LogP contribution >= 0.6 is 0 Å². The zero-order valence-corrected chi connectivity index (χ0v) is 15.3. The van der Waals surface area contributed by atoms with Gasteiger partial charge in [-0.15, -0.1) is 10.2 Å². The van der Waals surface area contributed by atoms with Gasteiger partial charge in [-0.2, -0.15) is 0 Å². The Morgan fingerprint density at radius 3 is 3.08 bits per heavy atom. The highest BCUT2D eigenvalue weighted by Gasteiger charge is 2.59. The normalized spacial score (nSPS) is 29.9. The molecule has 1 saturated carbocycles. The number of carbonyl (C=O) groups is 1. The van der Waals surface area contributed by atoms with Gasteiger partial charge in [0, 0.05) is 49.9 Å². The van der Waals surface area contributed by atoms with Gasteiger partial charge in [-0.25, -0.2) is 4.79 Å². The van der Waals surface area contributed by atoms with Crippen molar-refractivity contribution in [3.05, 3.63) is 11.6 Å². The van der Waals surface area contributed by atoms with Crippen LogP contribution in [0.1, 0.15) is 51.2 Å². The zero-order valence-electron chi connectivity index (χ0n) is 15.3. The minimum Gasteiger partial charge on any atom is -0.377 e. The van der Waals surface area contributed by atoms with E-state index in [0.717, 1.165) is 44.1 Å². The molecule has 0 unspecified atom stereocenters. The number of fused-ring (bicyclic) bond motifs is 2. The van der Waals surface area contributed by atoms with Gasteiger partial charge in [-0.1, -0.05) is 20.3 Å². The van der Waals surface area contributed by atoms with Gasteiger partial charge in [0.25, 0.3) is 0 Å². The largest absolute Gasteiger partial charge is 0.377 e. The van der Waals surface area contributed by atoms with Gasteiger partial charge in [-0.05, 0) is 19.3 Å². The van der Waals surface area contributed by atoms with E-state index in [4.69, 9.17) is 4.74 Å². The number of amides is 2. The molecule has 0 bridgehead atoms. The molecule has 7 heteroatoms. The second kappa shape index (κ2) is 6.59. The maximum absolute atomic E-state index is 12.3. The van der Waals surface area contributed by atoms with Crippen LogP contribution < -0.4 is 10.6 Å². The Morgan fingerprint density at radius 2 is 2.20 bits per heavy atom. The van der Waals surface area contributed by atoms with Crippen molar-refractivity contribution in [2.75, 3.05) is 13.2 Å². The summed E-state index contributed by atoms with van der Waals surface area (Å²) in [4.78, 5) is 12.3. The Balaban J connectivity index is 1.27. The molecule has 2 aliphatic heterocycles. The third-order valence-corrected chi connectivity index (χ3v) is 6.21. The number of ether oxygens (including phenoxy) is 1. The molecule has 7 nitrogen and oxygen atoms in total. The molecule has 1 aromatic heterocycles. The number of hydrogen-bond donors (Lipinski definition) is 2. The van der Waals surface area contributed by atoms with E-state index in [-0.39, 0.29) is 17.5 Å². The van der Waals surface area contributed by atoms with E-state index in [2.05, 4.69) is 39.2 Å². The SMILES string of the molecule is CC1(C)[C@H](NC(=O)NCCc2nnc3n2CCCCC3)[C@@H]2CCO[C@@H]21. The Labute approximate surface area is 148 Å². The molecule has 1 saturated heterocycles. The topological polar surface area (TPSA) is 81.1 Å². The summed E-state index contributed by atoms with van der Waals surface area (Å²) >= 11 is 0. The number of carbonyl (C=O) groups excluding carboxylic acids is 1. The lowest BCUT2D eigenvalue weighted by Gasteiger charge is -2.54. The number of aromatic nitrogens is 3. The first kappa shape index (κ1) is 16.8. The molecule has 0 radical (unpaired) electrons. The number of nitrogens with one attached hydrogen (secondary N) is 2. The zero-order chi connectivity index (χ0) is 17.4. The summed E-state index contributed by atoms with van der Waals surface area (Å²) in [5.74, 6) is 2.55. The van der Waals surface area contributed by atoms with Crippen LogP contribution in [0.3, 0.4) is 0 Å². The van der Waals surface area contributed by atoms with E-state index in [1.165, 1.54) is 19.3 Å². The second-order valence-electron chi connectivity index (χ2n) is 8.19. The van der Waals surface area contributed by atoms with Crippen molar-refractivity contribution in [3.8, 4) is 0 Å². The number of nitrogens with zero attached hydrogens (tertiary/aromatic N) is 3. The number of rotatable bonds is 4. The Hall–Kier alpha value is -1.63. The molecule has 0 aromatic carbocycles. The first-order chi connectivity index (χ1) is 12.1. The Morgan fingerprint density at radius 1 is 1.32 bits per heavy atom. The monoisotopic (exact) mass is 347 g/mol. The van der Waals surface area contributed by atoms with E-state index in [1.807, 2.05) is 0 Å². The highest BCUT2D eigenvalue weighted by atomic mass is 16.5. The number of hydrogen-bond acceptors (Lipinski definition) is 4. The van der Waals surface area contributed by atoms with Crippen molar-refractivity contribution in [1.82, 2.24) is 25.4 Å². The molecule has 2 amide bonds. The molecule has 0 spiro atoms. The number of urea groups is 1. The molecule has 1 aromatic rings. The van der Waals surface area contributed by atoms with Crippen molar-refractivity contribution in [3.63, 3.8) is 0 Å². The predicted octanol–water partition coefficient (Wildman–Crippen LogP) is 1.66. The van der Waals surface area contributed by atoms with Gasteiger partial charge in [0.05, 0.1) is 6.10 Å². The highest BCUT2D eigenvalue weighted by Crippen LogP contribution is 2.52. The minimum atomic E-state index is -0.0842. The van der Waals surface area contributed by atoms with E-state index in [1.54, 1.807) is 0 Å². The lowest BCUT2D eigenvalue weighted by atomic mass is 9.57. The third-order valence-electron chi connectivity index (χ3n) is 6.21. The van der Waals surface area contributed by atoms with E-state index in [0.29, 0.717) is 18.6 Å². The maximum Gasteiger partial charge on any atom is 0.315 e. The van der Waals surface area contributed by atoms with Gasteiger partial charge in [0.1, 0.15) is 11.6 Å². The smallest absolute Gasteiger partial charge is 0.315 e. The summed E-state index contributed by atoms with van der Waals surface area (Å²) in [5.41, 5.74) is 0.0167. The summed E-state index contributed by atoms with van der Waals surface area (Å²) in [6.45, 7) is 6.76. The van der Waals surface area contributed by atoms with Crippen LogP contribution in [0.2, 0.25) is 0 Å². The molecule has 2 N–H and O–H groups in total. The van der Waals surface area contributed by atoms with Crippen molar-refractivity contribution < 1.29 is 9.53 Å². The average molecular weight is 347 g/mol. The first-order valence-corrected chi connectivity index (χ1v) is 9.64. The number of aryl methyl sites for hydroxylation is 1. The second-order valence-corrected chi connectivity index (χ2v) is 8.19. The molecule has 2 fully saturated rings. The van der Waals surface area contributed by atoms with Crippen molar-refractivity contribution in [2.24, 2.45) is 11.3 Å². The van der Waals surface area contributed by atoms with Crippen LogP contribution in [0.4, 0.5) is 4.79 Å². The fourth-order valence-corrected chi connectivity index (χ4v) is 4.83. The van der Waals surface area contributed by atoms with Crippen LogP contribution in [-0.4, -0.2) is 46.1 Å². The van der Waals surface area contributed by atoms with Crippen LogP contribution in [0.25, 0.3) is 0 Å². The molecule has 3 aliphatic rings. The predicted molar refractivity (Wildman–Crippen MR) is 93.2 cm³/mol. The highest BCUT2D eigenvalue weighted by molar-refractivity contribution is 5.74. The van der Waals surface area contributed by atoms with Crippen LogP contribution in [0, 0.1) is 11.3 Å². The molecule has 138 valence electrons. The fourth-order valence-electron chi connectivity index (χ4n) is 4.83. The quantitative estimate of drug-likeness (QED) is 0.868. The molecular formula is C18H29N5O2. The maximum atomic E-state index is 12.3. The van der Waals surface area contributed by atoms with Gasteiger partial charge < -0.3 is 19.9 Å². The van der Waals surface area contributed by atoms with Crippen LogP contribution in [0.5, 0.6) is 0 Å². The lowest BCUT2D eigenvalue weighted by Crippen LogP contribution is -2.67. The minimum absolute atomic E-state index is 0.0167. The Bertz CT molecular complexity index is 641. The van der Waals surface area contributed by atoms with Crippen LogP contribution in [-0.2, 0) is 24.1 Å². The van der Waals surface area contributed by atoms with E-state index in [9.17, 15) is 4.79 Å². The van der Waals surface area contributed by atoms with Gasteiger partial charge in [0.15, 0.2) is 0 Å². The third kappa shape index (κ3) is 3.03. The summed E-state index contributed by atoms with van der Waals surface area (Å²) in [5, 5.41) is 14.8. The molecular weight excluding hydrogens is 318 g/mol. The van der Waals surface area contributed by atoms with Gasteiger partial charge in [0.2, 0.25) is 0 Å². The molecule has 1 aliphatic carbocycles. The van der Waals surface area contributed by atoms with Crippen LogP contribution in [0.15, 0.2) is 0 Å². The standard InChI is InChI=1S/C18H29N5O2/c1-18(2)15(12-8-11-25-16(12)18)20-17(24)19-9-7-14-22-21-13-6-4-3-5-10-23(13)14/h12,15-16H,3-11H2,1-2H3,(H2,19,20,24)/t12-,15+,16-/m0/s1. The Kier molecular flexibility index (Phi) is 4.43. The van der Waals surface area contributed by atoms with Crippen molar-refractivity contribution in [1.29, 1.82) is 0 Å². The summed E-state index contributed by atoms with van der Waals surface area (Å²) < 4.78 is 8.02. The van der Waals surface area contributed by atoms with E-state index >= 15 is 0 Å². The van der Waals surface area contributed by atoms with Crippen molar-refractivity contribution in [2.45, 2.75) is 71.1 Å². The molecule has 3 atom stereocenters. The average Bonchev–Trinajstić information content (AvgIpc) is 3.12. The summed E-state index contributed by atoms with van der Waals surface area (Å²) in [6, 6.07) is 0.114. The molecule has 4 rings (SSSR count). The van der Waals surface area contributed by atoms with Gasteiger partial charge >= 0.3 is 6.03 Å².